The van der Waals surface area contributed by atoms with Crippen LogP contribution in [0.15, 0.2) is 30.5 Å². The first-order valence-corrected chi connectivity index (χ1v) is 6.47. The minimum atomic E-state index is -0.558. The van der Waals surface area contributed by atoms with Crippen molar-refractivity contribution in [2.75, 3.05) is 0 Å². The van der Waals surface area contributed by atoms with E-state index in [1.54, 1.807) is 10.9 Å². The van der Waals surface area contributed by atoms with Crippen LogP contribution in [-0.4, -0.2) is 14.9 Å². The summed E-state index contributed by atoms with van der Waals surface area (Å²) in [6.45, 7) is 0. The van der Waals surface area contributed by atoms with Crippen LogP contribution >= 0.6 is 11.6 Å². The Morgan fingerprint density at radius 1 is 1.33 bits per heavy atom. The van der Waals surface area contributed by atoms with E-state index in [9.17, 15) is 5.11 Å². The van der Waals surface area contributed by atoms with Gasteiger partial charge in [-0.15, -0.1) is 0 Å². The highest BCUT2D eigenvalue weighted by molar-refractivity contribution is 6.31. The molecule has 3 nitrogen and oxygen atoms in total. The van der Waals surface area contributed by atoms with Crippen molar-refractivity contribution in [3.8, 4) is 0 Å². The molecular formula is C14H15ClN2O. The van der Waals surface area contributed by atoms with E-state index >= 15 is 0 Å². The zero-order valence-corrected chi connectivity index (χ0v) is 10.9. The number of aliphatic hydroxyl groups is 1. The SMILES string of the molecule is Cn1ncc(Cl)c1C(O)C1Cc2ccccc2C1. The third-order valence-corrected chi connectivity index (χ3v) is 4.04. The first kappa shape index (κ1) is 11.8. The minimum absolute atomic E-state index is 0.190. The Kier molecular flexibility index (Phi) is 2.88. The van der Waals surface area contributed by atoms with Gasteiger partial charge in [0.2, 0.25) is 0 Å². The van der Waals surface area contributed by atoms with Crippen LogP contribution in [0.2, 0.25) is 5.02 Å². The topological polar surface area (TPSA) is 38.0 Å². The summed E-state index contributed by atoms with van der Waals surface area (Å²) in [4.78, 5) is 0. The molecule has 1 unspecified atom stereocenters. The van der Waals surface area contributed by atoms with Crippen LogP contribution in [0.25, 0.3) is 0 Å². The molecule has 0 bridgehead atoms. The van der Waals surface area contributed by atoms with Gasteiger partial charge in [-0.05, 0) is 29.9 Å². The van der Waals surface area contributed by atoms with E-state index in [0.29, 0.717) is 5.02 Å². The summed E-state index contributed by atoms with van der Waals surface area (Å²) >= 11 is 6.09. The van der Waals surface area contributed by atoms with Crippen molar-refractivity contribution in [2.45, 2.75) is 18.9 Å². The van der Waals surface area contributed by atoms with Gasteiger partial charge in [0.15, 0.2) is 0 Å². The quantitative estimate of drug-likeness (QED) is 0.903. The van der Waals surface area contributed by atoms with E-state index in [1.807, 2.05) is 19.2 Å². The van der Waals surface area contributed by atoms with Gasteiger partial charge in [0.05, 0.1) is 16.9 Å². The number of benzene rings is 1. The van der Waals surface area contributed by atoms with Gasteiger partial charge in [0.25, 0.3) is 0 Å². The summed E-state index contributed by atoms with van der Waals surface area (Å²) in [6.07, 6.45) is 2.83. The number of fused-ring (bicyclic) bond motifs is 1. The van der Waals surface area contributed by atoms with Gasteiger partial charge in [-0.1, -0.05) is 35.9 Å². The number of aliphatic hydroxyl groups excluding tert-OH is 1. The first-order valence-electron chi connectivity index (χ1n) is 6.09. The number of aryl methyl sites for hydroxylation is 1. The summed E-state index contributed by atoms with van der Waals surface area (Å²) in [5.74, 6) is 0.190. The maximum atomic E-state index is 10.5. The molecule has 0 spiro atoms. The molecule has 18 heavy (non-hydrogen) atoms. The van der Waals surface area contributed by atoms with Gasteiger partial charge in [-0.3, -0.25) is 4.68 Å². The van der Waals surface area contributed by atoms with Gasteiger partial charge in [-0.25, -0.2) is 0 Å². The molecule has 94 valence electrons. The van der Waals surface area contributed by atoms with E-state index in [1.165, 1.54) is 11.1 Å². The standard InChI is InChI=1S/C14H15ClN2O/c1-17-13(12(15)8-16-17)14(18)11-6-9-4-2-3-5-10(9)7-11/h2-5,8,11,14,18H,6-7H2,1H3. The molecule has 0 aliphatic heterocycles. The average Bonchev–Trinajstić information content (AvgIpc) is 2.92. The molecule has 3 rings (SSSR count). The number of rotatable bonds is 2. The number of nitrogens with zero attached hydrogens (tertiary/aromatic N) is 2. The molecule has 0 saturated carbocycles. The van der Waals surface area contributed by atoms with Crippen LogP contribution in [0.5, 0.6) is 0 Å². The first-order chi connectivity index (χ1) is 8.66. The van der Waals surface area contributed by atoms with E-state index < -0.39 is 6.10 Å². The highest BCUT2D eigenvalue weighted by Gasteiger charge is 2.31. The summed E-state index contributed by atoms with van der Waals surface area (Å²) in [5.41, 5.74) is 3.38. The Bertz CT molecular complexity index is 534. The van der Waals surface area contributed by atoms with Crippen molar-refractivity contribution in [1.82, 2.24) is 9.78 Å². The maximum absolute atomic E-state index is 10.5. The van der Waals surface area contributed by atoms with E-state index in [4.69, 9.17) is 11.6 Å². The lowest BCUT2D eigenvalue weighted by Crippen LogP contribution is -2.16. The third-order valence-electron chi connectivity index (χ3n) is 3.75. The van der Waals surface area contributed by atoms with Crippen molar-refractivity contribution in [2.24, 2.45) is 13.0 Å². The second-order valence-electron chi connectivity index (χ2n) is 4.88. The third kappa shape index (κ3) is 1.84. The molecule has 1 heterocycles. The predicted molar refractivity (Wildman–Crippen MR) is 70.5 cm³/mol. The molecule has 0 amide bonds. The van der Waals surface area contributed by atoms with Crippen LogP contribution in [0, 0.1) is 5.92 Å². The highest BCUT2D eigenvalue weighted by Crippen LogP contribution is 2.37. The summed E-state index contributed by atoms with van der Waals surface area (Å²) in [7, 11) is 1.81. The van der Waals surface area contributed by atoms with Crippen molar-refractivity contribution in [1.29, 1.82) is 0 Å². The lowest BCUT2D eigenvalue weighted by atomic mass is 9.96. The van der Waals surface area contributed by atoms with Crippen molar-refractivity contribution in [3.05, 3.63) is 52.3 Å². The molecule has 1 N–H and O–H groups in total. The Hall–Kier alpha value is -1.32. The Labute approximate surface area is 111 Å². The van der Waals surface area contributed by atoms with E-state index in [-0.39, 0.29) is 5.92 Å². The van der Waals surface area contributed by atoms with Gasteiger partial charge in [0, 0.05) is 7.05 Å². The smallest absolute Gasteiger partial charge is 0.101 e. The molecule has 1 aromatic heterocycles. The lowest BCUT2D eigenvalue weighted by Gasteiger charge is -2.18. The van der Waals surface area contributed by atoms with E-state index in [2.05, 4.69) is 17.2 Å². The van der Waals surface area contributed by atoms with Gasteiger partial charge >= 0.3 is 0 Å². The zero-order valence-electron chi connectivity index (χ0n) is 10.2. The number of hydrogen-bond donors (Lipinski definition) is 1. The van der Waals surface area contributed by atoms with Crippen molar-refractivity contribution >= 4 is 11.6 Å². The van der Waals surface area contributed by atoms with Crippen molar-refractivity contribution in [3.63, 3.8) is 0 Å². The summed E-state index contributed by atoms with van der Waals surface area (Å²) in [6, 6.07) is 8.36. The van der Waals surface area contributed by atoms with Crippen LogP contribution < -0.4 is 0 Å². The summed E-state index contributed by atoms with van der Waals surface area (Å²) in [5, 5.41) is 15.1. The molecule has 0 saturated heterocycles. The van der Waals surface area contributed by atoms with Crippen LogP contribution in [-0.2, 0) is 19.9 Å². The fraction of sp³-hybridized carbons (Fsp3) is 0.357. The van der Waals surface area contributed by atoms with Crippen LogP contribution in [0.3, 0.4) is 0 Å². The normalized spacial score (nSPS) is 16.8. The van der Waals surface area contributed by atoms with Crippen LogP contribution in [0.1, 0.15) is 22.9 Å². The Balaban J connectivity index is 1.87. The van der Waals surface area contributed by atoms with Gasteiger partial charge in [0.1, 0.15) is 6.10 Å². The Morgan fingerprint density at radius 2 is 1.94 bits per heavy atom. The molecule has 1 atom stereocenters. The molecule has 0 fully saturated rings. The monoisotopic (exact) mass is 262 g/mol. The molecule has 1 aliphatic carbocycles. The summed E-state index contributed by atoms with van der Waals surface area (Å²) < 4.78 is 1.66. The zero-order chi connectivity index (χ0) is 12.7. The van der Waals surface area contributed by atoms with Gasteiger partial charge < -0.3 is 5.11 Å². The fourth-order valence-electron chi connectivity index (χ4n) is 2.79. The molecule has 1 aromatic carbocycles. The number of hydrogen-bond acceptors (Lipinski definition) is 2. The van der Waals surface area contributed by atoms with E-state index in [0.717, 1.165) is 18.5 Å². The largest absolute Gasteiger partial charge is 0.386 e. The minimum Gasteiger partial charge on any atom is -0.386 e. The molecule has 2 aromatic rings. The van der Waals surface area contributed by atoms with Crippen molar-refractivity contribution < 1.29 is 5.11 Å². The average molecular weight is 263 g/mol. The van der Waals surface area contributed by atoms with Gasteiger partial charge in [-0.2, -0.15) is 5.10 Å². The second-order valence-corrected chi connectivity index (χ2v) is 5.29. The lowest BCUT2D eigenvalue weighted by molar-refractivity contribution is 0.105. The highest BCUT2D eigenvalue weighted by atomic mass is 35.5. The molecule has 4 heteroatoms. The molecule has 1 aliphatic rings. The van der Waals surface area contributed by atoms with Crippen LogP contribution in [0.4, 0.5) is 0 Å². The Morgan fingerprint density at radius 3 is 2.44 bits per heavy atom. The maximum Gasteiger partial charge on any atom is 0.101 e. The second kappa shape index (κ2) is 4.41. The number of halogens is 1. The fourth-order valence-corrected chi connectivity index (χ4v) is 3.07. The molecule has 0 radical (unpaired) electrons. The number of aromatic nitrogens is 2. The molecular weight excluding hydrogens is 248 g/mol. The predicted octanol–water partition coefficient (Wildman–Crippen LogP) is 2.52.